The fourth-order valence-electron chi connectivity index (χ4n) is 2.00. The number of halogens is 1. The fourth-order valence-corrected chi connectivity index (χ4v) is 2.50. The molecule has 118 valence electrons. The second-order valence-electron chi connectivity index (χ2n) is 5.16. The van der Waals surface area contributed by atoms with Gasteiger partial charge in [0.2, 0.25) is 0 Å². The predicted octanol–water partition coefficient (Wildman–Crippen LogP) is 4.94. The molecule has 0 bridgehead atoms. The highest BCUT2D eigenvalue weighted by Crippen LogP contribution is 2.26. The molecule has 1 rings (SSSR count). The van der Waals surface area contributed by atoms with Crippen LogP contribution in [0.25, 0.3) is 0 Å². The molecule has 21 heavy (non-hydrogen) atoms. The highest BCUT2D eigenvalue weighted by Gasteiger charge is 2.08. The van der Waals surface area contributed by atoms with E-state index in [9.17, 15) is 4.79 Å². The van der Waals surface area contributed by atoms with Gasteiger partial charge in [-0.1, -0.05) is 39.5 Å². The normalized spacial score (nSPS) is 10.4. The Balaban J connectivity index is 2.38. The fraction of sp³-hybridized carbons (Fsp3) is 0.588. The topological polar surface area (TPSA) is 38.3 Å². The van der Waals surface area contributed by atoms with E-state index in [0.29, 0.717) is 12.2 Å². The van der Waals surface area contributed by atoms with E-state index in [-0.39, 0.29) is 5.91 Å². The lowest BCUT2D eigenvalue weighted by Gasteiger charge is -2.09. The van der Waals surface area contributed by atoms with Gasteiger partial charge in [0.25, 0.3) is 5.91 Å². The molecule has 0 spiro atoms. The average Bonchev–Trinajstić information content (AvgIpc) is 2.49. The first-order valence-electron chi connectivity index (χ1n) is 7.89. The van der Waals surface area contributed by atoms with Crippen LogP contribution in [0.1, 0.15) is 62.7 Å². The molecule has 0 saturated carbocycles. The van der Waals surface area contributed by atoms with Crippen molar-refractivity contribution in [3.63, 3.8) is 0 Å². The molecule has 1 aromatic carbocycles. The first kappa shape index (κ1) is 18.0. The molecule has 1 N–H and O–H groups in total. The number of benzene rings is 1. The van der Waals surface area contributed by atoms with Gasteiger partial charge in [0.1, 0.15) is 5.75 Å². The number of carbonyl (C=O) groups is 1. The van der Waals surface area contributed by atoms with Crippen molar-refractivity contribution in [2.45, 2.75) is 52.4 Å². The molecule has 1 aromatic rings. The van der Waals surface area contributed by atoms with Crippen molar-refractivity contribution in [2.75, 3.05) is 13.2 Å². The first-order chi connectivity index (χ1) is 10.2. The van der Waals surface area contributed by atoms with E-state index in [4.69, 9.17) is 4.74 Å². The van der Waals surface area contributed by atoms with Crippen LogP contribution in [0.5, 0.6) is 5.75 Å². The Morgan fingerprint density at radius 2 is 1.90 bits per heavy atom. The van der Waals surface area contributed by atoms with Gasteiger partial charge < -0.3 is 10.1 Å². The highest BCUT2D eigenvalue weighted by atomic mass is 79.9. The zero-order valence-electron chi connectivity index (χ0n) is 13.1. The van der Waals surface area contributed by atoms with E-state index < -0.39 is 0 Å². The van der Waals surface area contributed by atoms with E-state index in [0.717, 1.165) is 29.6 Å². The zero-order chi connectivity index (χ0) is 15.5. The van der Waals surface area contributed by atoms with Gasteiger partial charge in [-0.3, -0.25) is 4.79 Å². The van der Waals surface area contributed by atoms with Crippen LogP contribution in [-0.2, 0) is 0 Å². The summed E-state index contributed by atoms with van der Waals surface area (Å²) in [7, 11) is 0. The van der Waals surface area contributed by atoms with Crippen LogP contribution in [0.3, 0.4) is 0 Å². The number of hydrogen-bond acceptors (Lipinski definition) is 2. The molecule has 0 aliphatic heterocycles. The summed E-state index contributed by atoms with van der Waals surface area (Å²) in [5.41, 5.74) is 0.666. The van der Waals surface area contributed by atoms with Crippen LogP contribution in [0.4, 0.5) is 0 Å². The monoisotopic (exact) mass is 355 g/mol. The van der Waals surface area contributed by atoms with Crippen LogP contribution in [0.15, 0.2) is 22.7 Å². The number of carbonyl (C=O) groups excluding carboxylic acids is 1. The largest absolute Gasteiger partial charge is 0.492 e. The van der Waals surface area contributed by atoms with Crippen molar-refractivity contribution in [3.05, 3.63) is 28.2 Å². The van der Waals surface area contributed by atoms with E-state index in [1.807, 2.05) is 18.2 Å². The SMILES string of the molecule is CCCCCCCNC(=O)c1ccc(OCCC)c(Br)c1. The lowest BCUT2D eigenvalue weighted by atomic mass is 10.1. The Labute approximate surface area is 136 Å². The lowest BCUT2D eigenvalue weighted by Crippen LogP contribution is -2.24. The Morgan fingerprint density at radius 1 is 1.14 bits per heavy atom. The second kappa shape index (κ2) is 10.7. The maximum absolute atomic E-state index is 12.0. The number of amides is 1. The van der Waals surface area contributed by atoms with E-state index >= 15 is 0 Å². The molecule has 0 saturated heterocycles. The third-order valence-electron chi connectivity index (χ3n) is 3.22. The average molecular weight is 356 g/mol. The smallest absolute Gasteiger partial charge is 0.251 e. The van der Waals surface area contributed by atoms with Crippen LogP contribution in [-0.4, -0.2) is 19.1 Å². The van der Waals surface area contributed by atoms with Gasteiger partial charge in [0.05, 0.1) is 11.1 Å². The van der Waals surface area contributed by atoms with E-state index in [2.05, 4.69) is 35.1 Å². The number of unbranched alkanes of at least 4 members (excludes halogenated alkanes) is 4. The minimum absolute atomic E-state index is 0.0202. The third kappa shape index (κ3) is 6.98. The number of rotatable bonds is 10. The van der Waals surface area contributed by atoms with Gasteiger partial charge in [-0.2, -0.15) is 0 Å². The summed E-state index contributed by atoms with van der Waals surface area (Å²) in [5.74, 6) is 0.765. The summed E-state index contributed by atoms with van der Waals surface area (Å²) in [6, 6.07) is 5.47. The molecule has 4 heteroatoms. The summed E-state index contributed by atoms with van der Waals surface area (Å²) in [6.45, 7) is 5.69. The standard InChI is InChI=1S/C17H26BrNO2/c1-3-5-6-7-8-11-19-17(20)14-9-10-16(15(18)13-14)21-12-4-2/h9-10,13H,3-8,11-12H2,1-2H3,(H,19,20). The van der Waals surface area contributed by atoms with E-state index in [1.165, 1.54) is 25.7 Å². The molecule has 3 nitrogen and oxygen atoms in total. The third-order valence-corrected chi connectivity index (χ3v) is 3.84. The number of hydrogen-bond donors (Lipinski definition) is 1. The molecule has 0 aromatic heterocycles. The van der Waals surface area contributed by atoms with Crippen molar-refractivity contribution >= 4 is 21.8 Å². The van der Waals surface area contributed by atoms with E-state index in [1.54, 1.807) is 0 Å². The van der Waals surface area contributed by atoms with Crippen molar-refractivity contribution in [1.82, 2.24) is 5.32 Å². The molecule has 0 heterocycles. The molecule has 0 radical (unpaired) electrons. The van der Waals surface area contributed by atoms with Gasteiger partial charge in [-0.15, -0.1) is 0 Å². The van der Waals surface area contributed by atoms with Crippen molar-refractivity contribution in [3.8, 4) is 5.75 Å². The minimum Gasteiger partial charge on any atom is -0.492 e. The van der Waals surface area contributed by atoms with Crippen LogP contribution in [0, 0.1) is 0 Å². The molecular formula is C17H26BrNO2. The van der Waals surface area contributed by atoms with Gasteiger partial charge in [0.15, 0.2) is 0 Å². The zero-order valence-corrected chi connectivity index (χ0v) is 14.7. The first-order valence-corrected chi connectivity index (χ1v) is 8.68. The Hall–Kier alpha value is -1.03. The summed E-state index contributed by atoms with van der Waals surface area (Å²) in [5, 5.41) is 2.97. The molecule has 0 unspecified atom stereocenters. The van der Waals surface area contributed by atoms with Gasteiger partial charge in [-0.25, -0.2) is 0 Å². The van der Waals surface area contributed by atoms with Crippen molar-refractivity contribution in [1.29, 1.82) is 0 Å². The Kier molecular flexibility index (Phi) is 9.15. The molecule has 0 atom stereocenters. The van der Waals surface area contributed by atoms with Crippen LogP contribution < -0.4 is 10.1 Å². The molecule has 0 aliphatic rings. The van der Waals surface area contributed by atoms with Gasteiger partial charge >= 0.3 is 0 Å². The summed E-state index contributed by atoms with van der Waals surface area (Å²) in [6.07, 6.45) is 6.97. The Bertz CT molecular complexity index is 435. The quantitative estimate of drug-likeness (QED) is 0.603. The molecule has 0 aliphatic carbocycles. The van der Waals surface area contributed by atoms with Gasteiger partial charge in [-0.05, 0) is 47.0 Å². The molecular weight excluding hydrogens is 330 g/mol. The summed E-state index contributed by atoms with van der Waals surface area (Å²) >= 11 is 3.45. The Morgan fingerprint density at radius 3 is 2.57 bits per heavy atom. The minimum atomic E-state index is -0.0202. The molecule has 1 amide bonds. The van der Waals surface area contributed by atoms with Gasteiger partial charge in [0, 0.05) is 12.1 Å². The van der Waals surface area contributed by atoms with Crippen molar-refractivity contribution in [2.24, 2.45) is 0 Å². The maximum atomic E-state index is 12.0. The summed E-state index contributed by atoms with van der Waals surface area (Å²) < 4.78 is 6.40. The number of ether oxygens (including phenoxy) is 1. The maximum Gasteiger partial charge on any atom is 0.251 e. The summed E-state index contributed by atoms with van der Waals surface area (Å²) in [4.78, 5) is 12.0. The second-order valence-corrected chi connectivity index (χ2v) is 6.02. The molecule has 0 fully saturated rings. The predicted molar refractivity (Wildman–Crippen MR) is 91.0 cm³/mol. The van der Waals surface area contributed by atoms with Crippen molar-refractivity contribution < 1.29 is 9.53 Å². The highest BCUT2D eigenvalue weighted by molar-refractivity contribution is 9.10. The lowest BCUT2D eigenvalue weighted by molar-refractivity contribution is 0.0953. The van der Waals surface area contributed by atoms with Crippen LogP contribution >= 0.6 is 15.9 Å². The number of nitrogens with one attached hydrogen (secondary N) is 1. The van der Waals surface area contributed by atoms with Crippen LogP contribution in [0.2, 0.25) is 0 Å².